The lowest BCUT2D eigenvalue weighted by Gasteiger charge is -2.30. The second-order valence-electron chi connectivity index (χ2n) is 7.15. The molecule has 4 unspecified atom stereocenters. The fraction of sp³-hybridized carbons (Fsp3) is 0.923. The number of carbonyl (C=O) groups is 1. The van der Waals surface area contributed by atoms with E-state index in [0.717, 1.165) is 6.42 Å². The van der Waals surface area contributed by atoms with Crippen LogP contribution < -0.4 is 0 Å². The van der Waals surface area contributed by atoms with Crippen molar-refractivity contribution >= 4 is 16.1 Å². The molecular formula is C13H20O5S. The molecule has 6 heteroatoms. The summed E-state index contributed by atoms with van der Waals surface area (Å²) in [5.74, 6) is 0.102. The minimum Gasteiger partial charge on any atom is -0.462 e. The quantitative estimate of drug-likeness (QED) is 0.568. The zero-order valence-corrected chi connectivity index (χ0v) is 12.3. The Labute approximate surface area is 113 Å². The van der Waals surface area contributed by atoms with Gasteiger partial charge < -0.3 is 4.74 Å². The number of hydrogen-bond acceptors (Lipinski definition) is 5. The number of rotatable bonds is 2. The molecule has 2 bridgehead atoms. The highest BCUT2D eigenvalue weighted by atomic mass is 32.2. The molecule has 0 spiro atoms. The Hall–Kier alpha value is -0.620. The van der Waals surface area contributed by atoms with Gasteiger partial charge in [-0.1, -0.05) is 0 Å². The van der Waals surface area contributed by atoms with Crippen LogP contribution in [-0.2, 0) is 23.8 Å². The van der Waals surface area contributed by atoms with Gasteiger partial charge in [-0.25, -0.2) is 0 Å². The summed E-state index contributed by atoms with van der Waals surface area (Å²) in [5.41, 5.74) is -1.35. The van der Waals surface area contributed by atoms with Crippen LogP contribution in [0, 0.1) is 17.3 Å². The Morgan fingerprint density at radius 2 is 2.05 bits per heavy atom. The second-order valence-corrected chi connectivity index (χ2v) is 8.91. The molecular weight excluding hydrogens is 268 g/mol. The number of carbonyl (C=O) groups excluding carboxylic acids is 1. The first kappa shape index (κ1) is 13.4. The molecule has 0 aromatic rings. The van der Waals surface area contributed by atoms with Crippen LogP contribution in [0.2, 0.25) is 0 Å². The van der Waals surface area contributed by atoms with Gasteiger partial charge in [0.15, 0.2) is 0 Å². The second kappa shape index (κ2) is 3.73. The lowest BCUT2D eigenvalue weighted by Crippen LogP contribution is -2.42. The molecule has 1 aliphatic heterocycles. The third kappa shape index (κ3) is 1.91. The topological polar surface area (TPSA) is 69.7 Å². The molecule has 3 aliphatic rings. The van der Waals surface area contributed by atoms with Crippen molar-refractivity contribution in [1.29, 1.82) is 0 Å². The summed E-state index contributed by atoms with van der Waals surface area (Å²) >= 11 is 0. The van der Waals surface area contributed by atoms with Crippen molar-refractivity contribution < 1.29 is 22.1 Å². The van der Waals surface area contributed by atoms with Crippen molar-refractivity contribution in [3.05, 3.63) is 0 Å². The van der Waals surface area contributed by atoms with Crippen LogP contribution in [0.1, 0.15) is 40.0 Å². The zero-order chi connectivity index (χ0) is 14.1. The molecule has 3 rings (SSSR count). The van der Waals surface area contributed by atoms with E-state index in [1.54, 1.807) is 20.8 Å². The van der Waals surface area contributed by atoms with Crippen LogP contribution in [0.15, 0.2) is 0 Å². The van der Waals surface area contributed by atoms with Crippen LogP contribution in [-0.4, -0.2) is 31.8 Å². The first-order chi connectivity index (χ1) is 8.64. The maximum Gasteiger partial charge on any atom is 0.311 e. The minimum absolute atomic E-state index is 0.00951. The van der Waals surface area contributed by atoms with Crippen LogP contribution >= 0.6 is 0 Å². The van der Waals surface area contributed by atoms with E-state index in [9.17, 15) is 13.2 Å². The molecule has 19 heavy (non-hydrogen) atoms. The SMILES string of the molecule is CC(C)(C)C(=O)OCC12CC3CC1C(C3)S(=O)(=O)O2. The highest BCUT2D eigenvalue weighted by molar-refractivity contribution is 7.87. The molecule has 0 amide bonds. The molecule has 0 aromatic carbocycles. The van der Waals surface area contributed by atoms with Crippen molar-refractivity contribution in [3.8, 4) is 0 Å². The fourth-order valence-electron chi connectivity index (χ4n) is 3.76. The lowest BCUT2D eigenvalue weighted by molar-refractivity contribution is -0.160. The number of ether oxygens (including phenoxy) is 1. The summed E-state index contributed by atoms with van der Waals surface area (Å²) in [7, 11) is -3.46. The van der Waals surface area contributed by atoms with Crippen LogP contribution in [0.25, 0.3) is 0 Å². The van der Waals surface area contributed by atoms with E-state index in [1.165, 1.54) is 0 Å². The largest absolute Gasteiger partial charge is 0.462 e. The monoisotopic (exact) mass is 288 g/mol. The van der Waals surface area contributed by atoms with Crippen molar-refractivity contribution in [2.45, 2.75) is 50.9 Å². The number of fused-ring (bicyclic) bond motifs is 1. The Balaban J connectivity index is 1.77. The average molecular weight is 288 g/mol. The normalized spacial score (nSPS) is 42.6. The van der Waals surface area contributed by atoms with E-state index in [2.05, 4.69) is 0 Å². The van der Waals surface area contributed by atoms with E-state index in [4.69, 9.17) is 8.92 Å². The first-order valence-corrected chi connectivity index (χ1v) is 8.23. The smallest absolute Gasteiger partial charge is 0.311 e. The molecule has 4 atom stereocenters. The van der Waals surface area contributed by atoms with Crippen molar-refractivity contribution in [3.63, 3.8) is 0 Å². The van der Waals surface area contributed by atoms with Crippen LogP contribution in [0.3, 0.4) is 0 Å². The van der Waals surface area contributed by atoms with Crippen LogP contribution in [0.4, 0.5) is 0 Å². The summed E-state index contributed by atoms with van der Waals surface area (Å²) in [5, 5.41) is -0.375. The van der Waals surface area contributed by atoms with Gasteiger partial charge >= 0.3 is 5.97 Å². The Morgan fingerprint density at radius 3 is 2.63 bits per heavy atom. The Kier molecular flexibility index (Phi) is 2.62. The van der Waals surface area contributed by atoms with E-state index in [1.807, 2.05) is 0 Å². The molecule has 1 saturated heterocycles. The fourth-order valence-corrected chi connectivity index (χ4v) is 5.86. The van der Waals surface area contributed by atoms with Crippen molar-refractivity contribution in [1.82, 2.24) is 0 Å². The maximum absolute atomic E-state index is 12.0. The molecule has 2 aliphatic carbocycles. The minimum atomic E-state index is -3.46. The molecule has 1 heterocycles. The van der Waals surface area contributed by atoms with Gasteiger partial charge in [-0.15, -0.1) is 0 Å². The third-order valence-corrected chi connectivity index (χ3v) is 6.45. The van der Waals surface area contributed by atoms with Gasteiger partial charge in [0.1, 0.15) is 12.2 Å². The van der Waals surface area contributed by atoms with Gasteiger partial charge in [-0.2, -0.15) is 8.42 Å². The highest BCUT2D eigenvalue weighted by Crippen LogP contribution is 2.60. The van der Waals surface area contributed by atoms with Gasteiger partial charge in [0.25, 0.3) is 10.1 Å². The predicted octanol–water partition coefficient (Wildman–Crippen LogP) is 1.47. The van der Waals surface area contributed by atoms with E-state index >= 15 is 0 Å². The number of hydrogen-bond donors (Lipinski definition) is 0. The van der Waals surface area contributed by atoms with Gasteiger partial charge in [-0.05, 0) is 46.0 Å². The van der Waals surface area contributed by atoms with Gasteiger partial charge in [0.05, 0.1) is 10.7 Å². The molecule has 108 valence electrons. The van der Waals surface area contributed by atoms with E-state index in [0.29, 0.717) is 18.8 Å². The first-order valence-electron chi connectivity index (χ1n) is 6.76. The standard InChI is InChI=1S/C13H20O5S/c1-12(2,3)11(14)17-7-13-6-8-4-9(13)10(5-8)19(15,16)18-13/h8-10H,4-7H2,1-3H3. The maximum atomic E-state index is 12.0. The molecule has 2 saturated carbocycles. The summed E-state index contributed by atoms with van der Waals surface area (Å²) in [6.45, 7) is 5.41. The molecule has 3 fully saturated rings. The van der Waals surface area contributed by atoms with Crippen LogP contribution in [0.5, 0.6) is 0 Å². The summed E-state index contributed by atoms with van der Waals surface area (Å²) in [4.78, 5) is 11.8. The highest BCUT2D eigenvalue weighted by Gasteiger charge is 2.68. The molecule has 0 N–H and O–H groups in total. The van der Waals surface area contributed by atoms with Gasteiger partial charge in [0, 0.05) is 5.92 Å². The third-order valence-electron chi connectivity index (χ3n) is 4.62. The zero-order valence-electron chi connectivity index (χ0n) is 11.5. The molecule has 5 nitrogen and oxygen atoms in total. The summed E-state index contributed by atoms with van der Waals surface area (Å²) < 4.78 is 34.6. The average Bonchev–Trinajstić information content (AvgIpc) is 2.83. The predicted molar refractivity (Wildman–Crippen MR) is 67.8 cm³/mol. The number of esters is 1. The summed E-state index contributed by atoms with van der Waals surface area (Å²) in [6, 6.07) is 0. The van der Waals surface area contributed by atoms with Gasteiger partial charge in [0.2, 0.25) is 0 Å². The summed E-state index contributed by atoms with van der Waals surface area (Å²) in [6.07, 6.45) is 2.30. The molecule has 0 radical (unpaired) electrons. The Bertz CT molecular complexity index is 518. The lowest BCUT2D eigenvalue weighted by atomic mass is 9.84. The van der Waals surface area contributed by atoms with E-state index < -0.39 is 21.1 Å². The van der Waals surface area contributed by atoms with Gasteiger partial charge in [-0.3, -0.25) is 8.98 Å². The van der Waals surface area contributed by atoms with E-state index in [-0.39, 0.29) is 23.7 Å². The van der Waals surface area contributed by atoms with Crippen molar-refractivity contribution in [2.75, 3.05) is 6.61 Å². The Morgan fingerprint density at radius 1 is 1.37 bits per heavy atom. The molecule has 0 aromatic heterocycles. The van der Waals surface area contributed by atoms with Crippen molar-refractivity contribution in [2.24, 2.45) is 17.3 Å².